The lowest BCUT2D eigenvalue weighted by Crippen LogP contribution is -2.14. The highest BCUT2D eigenvalue weighted by atomic mass is 16.3. The molecule has 3 aromatic rings. The third-order valence-electron chi connectivity index (χ3n) is 3.05. The van der Waals surface area contributed by atoms with Crippen molar-refractivity contribution in [3.05, 3.63) is 54.0 Å². The van der Waals surface area contributed by atoms with Crippen LogP contribution in [0.5, 0.6) is 0 Å². The van der Waals surface area contributed by atoms with Crippen molar-refractivity contribution < 1.29 is 9.90 Å². The lowest BCUT2D eigenvalue weighted by atomic mass is 10.1. The van der Waals surface area contributed by atoms with Crippen molar-refractivity contribution in [3.8, 4) is 0 Å². The minimum Gasteiger partial charge on any atom is -0.392 e. The molecule has 0 saturated carbocycles. The third kappa shape index (κ3) is 2.12. The Bertz CT molecular complexity index is 766. The standard InChI is InChI=1S/C14H12N4O2/c19-8-10-4-5-15-7-12(10)17-14(20)11-3-1-2-9-6-16-18-13(9)11/h1-7,19H,8H2,(H,16,18)(H,17,20). The third-order valence-corrected chi connectivity index (χ3v) is 3.05. The summed E-state index contributed by atoms with van der Waals surface area (Å²) in [6, 6.07) is 7.04. The number of carbonyl (C=O) groups is 1. The minimum atomic E-state index is -0.275. The number of aliphatic hydroxyl groups excluding tert-OH is 1. The number of hydrogen-bond acceptors (Lipinski definition) is 4. The van der Waals surface area contributed by atoms with Gasteiger partial charge in [-0.25, -0.2) is 0 Å². The minimum absolute atomic E-state index is 0.160. The van der Waals surface area contributed by atoms with Gasteiger partial charge in [0, 0.05) is 17.1 Å². The first-order chi connectivity index (χ1) is 9.79. The van der Waals surface area contributed by atoms with Gasteiger partial charge in [-0.15, -0.1) is 0 Å². The van der Waals surface area contributed by atoms with Crippen LogP contribution in [0.1, 0.15) is 15.9 Å². The smallest absolute Gasteiger partial charge is 0.257 e. The van der Waals surface area contributed by atoms with Crippen LogP contribution in [0.25, 0.3) is 10.9 Å². The number of carbonyl (C=O) groups excluding carboxylic acids is 1. The van der Waals surface area contributed by atoms with E-state index in [2.05, 4.69) is 20.5 Å². The second kappa shape index (κ2) is 5.10. The molecule has 1 amide bonds. The summed E-state index contributed by atoms with van der Waals surface area (Å²) < 4.78 is 0. The van der Waals surface area contributed by atoms with Crippen molar-refractivity contribution >= 4 is 22.5 Å². The van der Waals surface area contributed by atoms with Crippen LogP contribution in [0, 0.1) is 0 Å². The van der Waals surface area contributed by atoms with E-state index >= 15 is 0 Å². The van der Waals surface area contributed by atoms with Gasteiger partial charge in [-0.1, -0.05) is 12.1 Å². The number of para-hydroxylation sites is 1. The van der Waals surface area contributed by atoms with Crippen molar-refractivity contribution in [1.29, 1.82) is 0 Å². The largest absolute Gasteiger partial charge is 0.392 e. The number of pyridine rings is 1. The molecule has 0 aliphatic rings. The van der Waals surface area contributed by atoms with Gasteiger partial charge in [-0.3, -0.25) is 14.9 Å². The number of benzene rings is 1. The molecular weight excluding hydrogens is 256 g/mol. The summed E-state index contributed by atoms with van der Waals surface area (Å²) in [6.45, 7) is -0.160. The van der Waals surface area contributed by atoms with Crippen LogP contribution < -0.4 is 5.32 Å². The average Bonchev–Trinajstić information content (AvgIpc) is 2.96. The molecule has 0 spiro atoms. The van der Waals surface area contributed by atoms with E-state index in [9.17, 15) is 9.90 Å². The van der Waals surface area contributed by atoms with E-state index in [0.717, 1.165) is 5.39 Å². The molecule has 0 saturated heterocycles. The van der Waals surface area contributed by atoms with Crippen LogP contribution in [0.2, 0.25) is 0 Å². The SMILES string of the molecule is O=C(Nc1cnccc1CO)c1cccc2cn[nH]c12. The fourth-order valence-corrected chi connectivity index (χ4v) is 2.02. The number of nitrogens with zero attached hydrogens (tertiary/aromatic N) is 2. The van der Waals surface area contributed by atoms with E-state index in [4.69, 9.17) is 0 Å². The van der Waals surface area contributed by atoms with Gasteiger partial charge in [0.15, 0.2) is 0 Å². The molecule has 100 valence electrons. The maximum Gasteiger partial charge on any atom is 0.257 e. The van der Waals surface area contributed by atoms with E-state index in [-0.39, 0.29) is 12.5 Å². The van der Waals surface area contributed by atoms with Crippen molar-refractivity contribution in [1.82, 2.24) is 15.2 Å². The van der Waals surface area contributed by atoms with Crippen molar-refractivity contribution in [3.63, 3.8) is 0 Å². The summed E-state index contributed by atoms with van der Waals surface area (Å²) >= 11 is 0. The monoisotopic (exact) mass is 268 g/mol. The summed E-state index contributed by atoms with van der Waals surface area (Å²) in [5, 5.41) is 19.6. The van der Waals surface area contributed by atoms with E-state index in [1.54, 1.807) is 30.6 Å². The summed E-state index contributed by atoms with van der Waals surface area (Å²) in [7, 11) is 0. The van der Waals surface area contributed by atoms with Gasteiger partial charge in [-0.2, -0.15) is 5.10 Å². The maximum absolute atomic E-state index is 12.3. The first kappa shape index (κ1) is 12.3. The van der Waals surface area contributed by atoms with Gasteiger partial charge < -0.3 is 10.4 Å². The Labute approximate surface area is 114 Å². The first-order valence-corrected chi connectivity index (χ1v) is 6.07. The average molecular weight is 268 g/mol. The zero-order valence-corrected chi connectivity index (χ0v) is 10.5. The van der Waals surface area contributed by atoms with Crippen LogP contribution >= 0.6 is 0 Å². The van der Waals surface area contributed by atoms with Gasteiger partial charge in [0.05, 0.1) is 35.8 Å². The highest BCUT2D eigenvalue weighted by Crippen LogP contribution is 2.19. The molecule has 0 unspecified atom stereocenters. The number of amides is 1. The second-order valence-electron chi connectivity index (χ2n) is 4.28. The van der Waals surface area contributed by atoms with Crippen LogP contribution in [0.4, 0.5) is 5.69 Å². The molecule has 3 N–H and O–H groups in total. The van der Waals surface area contributed by atoms with Gasteiger partial charge in [-0.05, 0) is 12.1 Å². The molecule has 0 aliphatic carbocycles. The topological polar surface area (TPSA) is 90.9 Å². The molecule has 1 aromatic carbocycles. The fraction of sp³-hybridized carbons (Fsp3) is 0.0714. The van der Waals surface area contributed by atoms with Gasteiger partial charge in [0.2, 0.25) is 0 Å². The summed E-state index contributed by atoms with van der Waals surface area (Å²) in [5.41, 5.74) is 2.29. The number of H-pyrrole nitrogens is 1. The molecule has 6 nitrogen and oxygen atoms in total. The van der Waals surface area contributed by atoms with Crippen molar-refractivity contribution in [2.75, 3.05) is 5.32 Å². The molecule has 0 atom stereocenters. The fourth-order valence-electron chi connectivity index (χ4n) is 2.02. The number of hydrogen-bond donors (Lipinski definition) is 3. The van der Waals surface area contributed by atoms with Crippen LogP contribution in [-0.4, -0.2) is 26.2 Å². The van der Waals surface area contributed by atoms with E-state index in [1.165, 1.54) is 6.20 Å². The van der Waals surface area contributed by atoms with Gasteiger partial charge in [0.25, 0.3) is 5.91 Å². The molecule has 2 aromatic heterocycles. The predicted octanol–water partition coefficient (Wildman–Crippen LogP) is 1.70. The van der Waals surface area contributed by atoms with Gasteiger partial charge >= 0.3 is 0 Å². The van der Waals surface area contributed by atoms with Crippen molar-refractivity contribution in [2.45, 2.75) is 6.61 Å². The number of rotatable bonds is 3. The molecule has 0 bridgehead atoms. The number of aliphatic hydroxyl groups is 1. The molecular formula is C14H12N4O2. The highest BCUT2D eigenvalue weighted by molar-refractivity contribution is 6.11. The molecule has 6 heteroatoms. The highest BCUT2D eigenvalue weighted by Gasteiger charge is 2.13. The van der Waals surface area contributed by atoms with Gasteiger partial charge in [0.1, 0.15) is 0 Å². The van der Waals surface area contributed by atoms with E-state index in [1.807, 2.05) is 6.07 Å². The van der Waals surface area contributed by atoms with Crippen LogP contribution in [-0.2, 0) is 6.61 Å². The Morgan fingerprint density at radius 3 is 3.05 bits per heavy atom. The van der Waals surface area contributed by atoms with E-state index in [0.29, 0.717) is 22.3 Å². The zero-order chi connectivity index (χ0) is 13.9. The molecule has 0 radical (unpaired) electrons. The van der Waals surface area contributed by atoms with Crippen LogP contribution in [0.3, 0.4) is 0 Å². The number of aromatic amines is 1. The van der Waals surface area contributed by atoms with Crippen LogP contribution in [0.15, 0.2) is 42.9 Å². The number of fused-ring (bicyclic) bond motifs is 1. The predicted molar refractivity (Wildman–Crippen MR) is 74.2 cm³/mol. The molecule has 3 rings (SSSR count). The Kier molecular flexibility index (Phi) is 3.14. The quantitative estimate of drug-likeness (QED) is 0.674. The second-order valence-corrected chi connectivity index (χ2v) is 4.28. The Morgan fingerprint density at radius 1 is 1.30 bits per heavy atom. The summed E-state index contributed by atoms with van der Waals surface area (Å²) in [6.07, 6.45) is 4.74. The normalized spacial score (nSPS) is 10.7. The molecule has 20 heavy (non-hydrogen) atoms. The zero-order valence-electron chi connectivity index (χ0n) is 10.5. The Balaban J connectivity index is 1.95. The van der Waals surface area contributed by atoms with Crippen molar-refractivity contribution in [2.24, 2.45) is 0 Å². The maximum atomic E-state index is 12.3. The number of nitrogens with one attached hydrogen (secondary N) is 2. The number of anilines is 1. The Morgan fingerprint density at radius 2 is 2.20 bits per heavy atom. The first-order valence-electron chi connectivity index (χ1n) is 6.07. The van der Waals surface area contributed by atoms with E-state index < -0.39 is 0 Å². The molecule has 0 fully saturated rings. The number of aromatic nitrogens is 3. The molecule has 0 aliphatic heterocycles. The lowest BCUT2D eigenvalue weighted by molar-refractivity contribution is 0.102. The lowest BCUT2D eigenvalue weighted by Gasteiger charge is -2.09. The summed E-state index contributed by atoms with van der Waals surface area (Å²) in [5.74, 6) is -0.275. The molecule has 2 heterocycles. The Hall–Kier alpha value is -2.73. The summed E-state index contributed by atoms with van der Waals surface area (Å²) in [4.78, 5) is 16.3.